The predicted molar refractivity (Wildman–Crippen MR) is 65.5 cm³/mol. The Bertz CT molecular complexity index is 445. The van der Waals surface area contributed by atoms with E-state index in [-0.39, 0.29) is 18.5 Å². The second-order valence-electron chi connectivity index (χ2n) is 4.21. The third kappa shape index (κ3) is 3.21. The van der Waals surface area contributed by atoms with Crippen LogP contribution < -0.4 is 0 Å². The fourth-order valence-electron chi connectivity index (χ4n) is 1.76. The summed E-state index contributed by atoms with van der Waals surface area (Å²) in [5.41, 5.74) is 0.933. The fourth-order valence-corrected chi connectivity index (χ4v) is 1.89. The van der Waals surface area contributed by atoms with Gasteiger partial charge in [-0.15, -0.1) is 0 Å². The fraction of sp³-hybridized carbons (Fsp3) is 0.385. The van der Waals surface area contributed by atoms with Gasteiger partial charge >= 0.3 is 0 Å². The van der Waals surface area contributed by atoms with Gasteiger partial charge in [-0.05, 0) is 30.5 Å². The lowest BCUT2D eigenvalue weighted by molar-refractivity contribution is -0.130. The maximum atomic E-state index is 12.0. The lowest BCUT2D eigenvalue weighted by atomic mass is 10.1. The van der Waals surface area contributed by atoms with Gasteiger partial charge in [0.25, 0.3) is 0 Å². The van der Waals surface area contributed by atoms with Crippen LogP contribution in [0.5, 0.6) is 0 Å². The summed E-state index contributed by atoms with van der Waals surface area (Å²) in [5.74, 6) is 0.0244. The van der Waals surface area contributed by atoms with E-state index in [1.807, 2.05) is 18.2 Å². The van der Waals surface area contributed by atoms with Crippen molar-refractivity contribution in [3.8, 4) is 6.07 Å². The van der Waals surface area contributed by atoms with Crippen molar-refractivity contribution in [3.63, 3.8) is 0 Å². The van der Waals surface area contributed by atoms with E-state index in [1.165, 1.54) is 0 Å². The molecular weight excluding hydrogens is 236 g/mol. The molecule has 1 saturated carbocycles. The smallest absolute Gasteiger partial charge is 0.228 e. The van der Waals surface area contributed by atoms with E-state index >= 15 is 0 Å². The molecule has 0 radical (unpaired) electrons. The maximum Gasteiger partial charge on any atom is 0.228 e. The van der Waals surface area contributed by atoms with E-state index < -0.39 is 0 Å². The lowest BCUT2D eigenvalue weighted by Gasteiger charge is -2.18. The van der Waals surface area contributed by atoms with Crippen LogP contribution in [0.1, 0.15) is 18.4 Å². The zero-order valence-electron chi connectivity index (χ0n) is 9.40. The molecule has 2 rings (SSSR count). The predicted octanol–water partition coefficient (Wildman–Crippen LogP) is 2.40. The molecule has 0 N–H and O–H groups in total. The van der Waals surface area contributed by atoms with Crippen molar-refractivity contribution in [2.24, 2.45) is 0 Å². The van der Waals surface area contributed by atoms with E-state index in [0.29, 0.717) is 11.4 Å². The summed E-state index contributed by atoms with van der Waals surface area (Å²) in [6.07, 6.45) is 2.39. The van der Waals surface area contributed by atoms with Gasteiger partial charge in [-0.2, -0.15) is 5.26 Å². The zero-order chi connectivity index (χ0) is 12.3. The number of amides is 1. The van der Waals surface area contributed by atoms with Crippen LogP contribution in [-0.4, -0.2) is 23.4 Å². The molecule has 0 saturated heterocycles. The molecule has 0 aliphatic heterocycles. The Morgan fingerprint density at radius 1 is 1.41 bits per heavy atom. The molecule has 1 aliphatic rings. The molecule has 3 nitrogen and oxygen atoms in total. The van der Waals surface area contributed by atoms with Gasteiger partial charge in [-0.25, -0.2) is 0 Å². The molecular formula is C13H13ClN2O. The van der Waals surface area contributed by atoms with E-state index in [0.717, 1.165) is 18.4 Å². The zero-order valence-corrected chi connectivity index (χ0v) is 10.2. The number of rotatable bonds is 4. The monoisotopic (exact) mass is 248 g/mol. The second kappa shape index (κ2) is 5.20. The van der Waals surface area contributed by atoms with Crippen LogP contribution in [0.3, 0.4) is 0 Å². The van der Waals surface area contributed by atoms with E-state index in [4.69, 9.17) is 16.9 Å². The highest BCUT2D eigenvalue weighted by atomic mass is 35.5. The van der Waals surface area contributed by atoms with Crippen LogP contribution >= 0.6 is 11.6 Å². The van der Waals surface area contributed by atoms with E-state index in [9.17, 15) is 4.79 Å². The van der Waals surface area contributed by atoms with Gasteiger partial charge in [0, 0.05) is 11.1 Å². The van der Waals surface area contributed by atoms with Crippen LogP contribution in [0.15, 0.2) is 24.3 Å². The number of nitrogens with zero attached hydrogens (tertiary/aromatic N) is 2. The molecule has 0 spiro atoms. The maximum absolute atomic E-state index is 12.0. The van der Waals surface area contributed by atoms with Gasteiger partial charge in [-0.1, -0.05) is 23.7 Å². The third-order valence-electron chi connectivity index (χ3n) is 2.82. The van der Waals surface area contributed by atoms with Crippen LogP contribution in [0, 0.1) is 11.3 Å². The number of hydrogen-bond acceptors (Lipinski definition) is 2. The molecule has 4 heteroatoms. The number of nitriles is 1. The molecule has 88 valence electrons. The number of carbonyl (C=O) groups is 1. The Kier molecular flexibility index (Phi) is 3.65. The average Bonchev–Trinajstić information content (AvgIpc) is 3.13. The standard InChI is InChI=1S/C13H13ClN2O/c14-11-3-1-10(2-4-11)9-13(17)16(8-7-15)12-5-6-12/h1-4,12H,5-6,8-9H2. The summed E-state index contributed by atoms with van der Waals surface area (Å²) < 4.78 is 0. The van der Waals surface area contributed by atoms with Crippen molar-refractivity contribution in [3.05, 3.63) is 34.9 Å². The summed E-state index contributed by atoms with van der Waals surface area (Å²) in [5, 5.41) is 9.37. The first-order chi connectivity index (χ1) is 8.20. The molecule has 1 fully saturated rings. The molecule has 0 aromatic heterocycles. The molecule has 0 atom stereocenters. The number of halogens is 1. The quantitative estimate of drug-likeness (QED) is 0.768. The lowest BCUT2D eigenvalue weighted by Crippen LogP contribution is -2.34. The largest absolute Gasteiger partial charge is 0.326 e. The van der Waals surface area contributed by atoms with Crippen molar-refractivity contribution in [2.45, 2.75) is 25.3 Å². The number of benzene rings is 1. The molecule has 1 aromatic carbocycles. The minimum absolute atomic E-state index is 0.0244. The molecule has 1 aliphatic carbocycles. The second-order valence-corrected chi connectivity index (χ2v) is 4.65. The van der Waals surface area contributed by atoms with E-state index in [1.54, 1.807) is 17.0 Å². The summed E-state index contributed by atoms with van der Waals surface area (Å²) in [4.78, 5) is 13.7. The Hall–Kier alpha value is -1.53. The number of hydrogen-bond donors (Lipinski definition) is 0. The summed E-state index contributed by atoms with van der Waals surface area (Å²) in [6.45, 7) is 0.192. The van der Waals surface area contributed by atoms with Gasteiger partial charge in [0.05, 0.1) is 12.5 Å². The van der Waals surface area contributed by atoms with Gasteiger partial charge in [-0.3, -0.25) is 4.79 Å². The molecule has 0 unspecified atom stereocenters. The first-order valence-corrected chi connectivity index (χ1v) is 5.99. The Morgan fingerprint density at radius 2 is 2.06 bits per heavy atom. The molecule has 1 aromatic rings. The summed E-state index contributed by atoms with van der Waals surface area (Å²) >= 11 is 5.78. The first-order valence-electron chi connectivity index (χ1n) is 5.61. The SMILES string of the molecule is N#CCN(C(=O)Cc1ccc(Cl)cc1)C1CC1. The average molecular weight is 249 g/mol. The van der Waals surface area contributed by atoms with Crippen LogP contribution in [0.4, 0.5) is 0 Å². The molecule has 17 heavy (non-hydrogen) atoms. The number of carbonyl (C=O) groups excluding carboxylic acids is 1. The highest BCUT2D eigenvalue weighted by Crippen LogP contribution is 2.27. The van der Waals surface area contributed by atoms with Gasteiger partial charge < -0.3 is 4.90 Å². The van der Waals surface area contributed by atoms with Crippen LogP contribution in [0.25, 0.3) is 0 Å². The highest BCUT2D eigenvalue weighted by molar-refractivity contribution is 6.30. The van der Waals surface area contributed by atoms with Crippen molar-refractivity contribution in [1.29, 1.82) is 5.26 Å². The minimum atomic E-state index is 0.0244. The van der Waals surface area contributed by atoms with Crippen molar-refractivity contribution >= 4 is 17.5 Å². The third-order valence-corrected chi connectivity index (χ3v) is 3.07. The summed E-state index contributed by atoms with van der Waals surface area (Å²) in [6, 6.07) is 9.57. The van der Waals surface area contributed by atoms with Crippen molar-refractivity contribution in [1.82, 2.24) is 4.90 Å². The Morgan fingerprint density at radius 3 is 2.59 bits per heavy atom. The summed E-state index contributed by atoms with van der Waals surface area (Å²) in [7, 11) is 0. The van der Waals surface area contributed by atoms with Crippen LogP contribution in [-0.2, 0) is 11.2 Å². The van der Waals surface area contributed by atoms with Gasteiger partial charge in [0.2, 0.25) is 5.91 Å². The van der Waals surface area contributed by atoms with Gasteiger partial charge in [0.15, 0.2) is 0 Å². The van der Waals surface area contributed by atoms with Crippen LogP contribution in [0.2, 0.25) is 5.02 Å². The molecule has 0 heterocycles. The molecule has 1 amide bonds. The Balaban J connectivity index is 1.99. The highest BCUT2D eigenvalue weighted by Gasteiger charge is 2.31. The topological polar surface area (TPSA) is 44.1 Å². The van der Waals surface area contributed by atoms with Crippen molar-refractivity contribution in [2.75, 3.05) is 6.54 Å². The first kappa shape index (κ1) is 11.9. The molecule has 0 bridgehead atoms. The Labute approximate surface area is 106 Å². The van der Waals surface area contributed by atoms with Gasteiger partial charge in [0.1, 0.15) is 6.54 Å². The normalized spacial score (nSPS) is 14.1. The van der Waals surface area contributed by atoms with E-state index in [2.05, 4.69) is 0 Å². The van der Waals surface area contributed by atoms with Crippen molar-refractivity contribution < 1.29 is 4.79 Å². The minimum Gasteiger partial charge on any atom is -0.326 e.